The van der Waals surface area contributed by atoms with Gasteiger partial charge in [-0.15, -0.1) is 0 Å². The van der Waals surface area contributed by atoms with Crippen LogP contribution in [0.1, 0.15) is 16.8 Å². The number of aromatic nitrogens is 3. The Morgan fingerprint density at radius 2 is 2.00 bits per heavy atom. The van der Waals surface area contributed by atoms with E-state index in [0.29, 0.717) is 18.8 Å². The molecule has 18 heavy (non-hydrogen) atoms. The van der Waals surface area contributed by atoms with E-state index in [1.807, 2.05) is 0 Å². The van der Waals surface area contributed by atoms with Crippen LogP contribution in [0.5, 0.6) is 0 Å². The highest BCUT2D eigenvalue weighted by atomic mass is 19.4. The zero-order valence-electron chi connectivity index (χ0n) is 9.35. The van der Waals surface area contributed by atoms with Gasteiger partial charge >= 0.3 is 6.18 Å². The third-order valence-corrected chi connectivity index (χ3v) is 2.40. The van der Waals surface area contributed by atoms with Crippen LogP contribution in [0.2, 0.25) is 0 Å². The van der Waals surface area contributed by atoms with E-state index < -0.39 is 11.7 Å². The van der Waals surface area contributed by atoms with Crippen molar-refractivity contribution >= 4 is 0 Å². The van der Waals surface area contributed by atoms with Crippen molar-refractivity contribution in [1.82, 2.24) is 14.8 Å². The van der Waals surface area contributed by atoms with E-state index >= 15 is 0 Å². The first-order chi connectivity index (χ1) is 8.49. The number of pyridine rings is 1. The number of hydrogen-bond donors (Lipinski definition) is 1. The summed E-state index contributed by atoms with van der Waals surface area (Å²) in [5.41, 5.74) is 6.05. The Kier molecular flexibility index (Phi) is 3.33. The van der Waals surface area contributed by atoms with Crippen molar-refractivity contribution in [3.05, 3.63) is 47.5 Å². The summed E-state index contributed by atoms with van der Waals surface area (Å²) in [4.78, 5) is 3.76. The van der Waals surface area contributed by atoms with Crippen LogP contribution < -0.4 is 5.73 Å². The van der Waals surface area contributed by atoms with E-state index in [4.69, 9.17) is 5.73 Å². The second-order valence-electron chi connectivity index (χ2n) is 3.79. The summed E-state index contributed by atoms with van der Waals surface area (Å²) < 4.78 is 38.6. The molecule has 0 amide bonds. The predicted molar refractivity (Wildman–Crippen MR) is 58.5 cm³/mol. The molecule has 0 atom stereocenters. The van der Waals surface area contributed by atoms with Crippen molar-refractivity contribution in [3.8, 4) is 0 Å². The molecule has 0 aromatic carbocycles. The Bertz CT molecular complexity index is 516. The van der Waals surface area contributed by atoms with E-state index in [1.165, 1.54) is 6.07 Å². The Morgan fingerprint density at radius 3 is 2.50 bits per heavy atom. The quantitative estimate of drug-likeness (QED) is 0.911. The number of rotatable bonds is 3. The van der Waals surface area contributed by atoms with E-state index in [2.05, 4.69) is 10.1 Å². The van der Waals surface area contributed by atoms with Gasteiger partial charge in [0.1, 0.15) is 0 Å². The molecule has 96 valence electrons. The molecule has 2 aromatic heterocycles. The molecule has 2 rings (SSSR count). The average molecular weight is 256 g/mol. The maximum atomic E-state index is 12.3. The third kappa shape index (κ3) is 2.86. The van der Waals surface area contributed by atoms with Gasteiger partial charge in [0.25, 0.3) is 0 Å². The van der Waals surface area contributed by atoms with Gasteiger partial charge in [0.15, 0.2) is 0 Å². The van der Waals surface area contributed by atoms with Crippen molar-refractivity contribution in [3.63, 3.8) is 0 Å². The first kappa shape index (κ1) is 12.6. The van der Waals surface area contributed by atoms with E-state index in [1.54, 1.807) is 17.1 Å². The molecule has 0 aliphatic heterocycles. The van der Waals surface area contributed by atoms with Crippen LogP contribution in [-0.2, 0) is 19.3 Å². The number of alkyl halides is 3. The standard InChI is InChI=1S/C11H11F3N4/c12-11(13,14)9-1-2-10(16-5-9)7-18-6-8(3-15)4-17-18/h1-2,4-6H,3,7,15H2. The van der Waals surface area contributed by atoms with Gasteiger partial charge < -0.3 is 5.73 Å². The highest BCUT2D eigenvalue weighted by Crippen LogP contribution is 2.28. The zero-order valence-corrected chi connectivity index (χ0v) is 9.35. The summed E-state index contributed by atoms with van der Waals surface area (Å²) in [6, 6.07) is 2.35. The Labute approximate surface area is 101 Å². The molecule has 4 nitrogen and oxygen atoms in total. The fourth-order valence-electron chi connectivity index (χ4n) is 1.45. The number of hydrogen-bond acceptors (Lipinski definition) is 3. The van der Waals surface area contributed by atoms with E-state index in [0.717, 1.165) is 17.8 Å². The van der Waals surface area contributed by atoms with Gasteiger partial charge in [-0.05, 0) is 12.1 Å². The summed E-state index contributed by atoms with van der Waals surface area (Å²) >= 11 is 0. The molecule has 0 aliphatic rings. The topological polar surface area (TPSA) is 56.7 Å². The second-order valence-corrected chi connectivity index (χ2v) is 3.79. The lowest BCUT2D eigenvalue weighted by Gasteiger charge is -2.06. The molecular formula is C11H11F3N4. The van der Waals surface area contributed by atoms with Crippen LogP contribution in [-0.4, -0.2) is 14.8 Å². The highest BCUT2D eigenvalue weighted by Gasteiger charge is 2.30. The largest absolute Gasteiger partial charge is 0.417 e. The normalized spacial score (nSPS) is 11.8. The molecule has 0 fully saturated rings. The fraction of sp³-hybridized carbons (Fsp3) is 0.273. The van der Waals surface area contributed by atoms with Gasteiger partial charge in [0.05, 0.1) is 24.0 Å². The summed E-state index contributed by atoms with van der Waals surface area (Å²) in [6.07, 6.45) is -0.184. The van der Waals surface area contributed by atoms with Gasteiger partial charge in [0, 0.05) is 24.5 Å². The van der Waals surface area contributed by atoms with Gasteiger partial charge in [-0.3, -0.25) is 9.67 Å². The molecule has 0 radical (unpaired) electrons. The molecule has 0 bridgehead atoms. The zero-order chi connectivity index (χ0) is 13.2. The van der Waals surface area contributed by atoms with Crippen LogP contribution in [0.4, 0.5) is 13.2 Å². The minimum atomic E-state index is -4.36. The van der Waals surface area contributed by atoms with Crippen molar-refractivity contribution < 1.29 is 13.2 Å². The van der Waals surface area contributed by atoms with Crippen molar-refractivity contribution in [2.75, 3.05) is 0 Å². The van der Waals surface area contributed by atoms with Gasteiger partial charge in [-0.25, -0.2) is 0 Å². The predicted octanol–water partition coefficient (Wildman–Crippen LogP) is 1.80. The molecule has 2 heterocycles. The molecular weight excluding hydrogens is 245 g/mol. The molecule has 0 spiro atoms. The second kappa shape index (κ2) is 4.77. The Morgan fingerprint density at radius 1 is 1.22 bits per heavy atom. The van der Waals surface area contributed by atoms with Crippen LogP contribution in [0.25, 0.3) is 0 Å². The van der Waals surface area contributed by atoms with Gasteiger partial charge in [-0.2, -0.15) is 18.3 Å². The van der Waals surface area contributed by atoms with Gasteiger partial charge in [-0.1, -0.05) is 0 Å². The summed E-state index contributed by atoms with van der Waals surface area (Å²) in [6.45, 7) is 0.693. The monoisotopic (exact) mass is 256 g/mol. The molecule has 2 N–H and O–H groups in total. The Balaban J connectivity index is 2.11. The van der Waals surface area contributed by atoms with Crippen LogP contribution >= 0.6 is 0 Å². The van der Waals surface area contributed by atoms with Crippen LogP contribution in [0.3, 0.4) is 0 Å². The lowest BCUT2D eigenvalue weighted by atomic mass is 10.2. The molecule has 2 aromatic rings. The lowest BCUT2D eigenvalue weighted by Crippen LogP contribution is -2.07. The lowest BCUT2D eigenvalue weighted by molar-refractivity contribution is -0.137. The maximum absolute atomic E-state index is 12.3. The third-order valence-electron chi connectivity index (χ3n) is 2.40. The molecule has 0 aliphatic carbocycles. The molecule has 0 unspecified atom stereocenters. The van der Waals surface area contributed by atoms with Crippen molar-refractivity contribution in [2.45, 2.75) is 19.3 Å². The van der Waals surface area contributed by atoms with E-state index in [-0.39, 0.29) is 0 Å². The number of halogens is 3. The maximum Gasteiger partial charge on any atom is 0.417 e. The molecule has 0 saturated heterocycles. The van der Waals surface area contributed by atoms with E-state index in [9.17, 15) is 13.2 Å². The van der Waals surface area contributed by atoms with Crippen molar-refractivity contribution in [2.24, 2.45) is 5.73 Å². The van der Waals surface area contributed by atoms with Crippen LogP contribution in [0.15, 0.2) is 30.7 Å². The number of nitrogens with two attached hydrogens (primary N) is 1. The Hall–Kier alpha value is -1.89. The minimum absolute atomic E-state index is 0.318. The minimum Gasteiger partial charge on any atom is -0.326 e. The highest BCUT2D eigenvalue weighted by molar-refractivity contribution is 5.17. The van der Waals surface area contributed by atoms with Gasteiger partial charge in [0.2, 0.25) is 0 Å². The smallest absolute Gasteiger partial charge is 0.326 e. The first-order valence-corrected chi connectivity index (χ1v) is 5.22. The summed E-state index contributed by atoms with van der Waals surface area (Å²) in [7, 11) is 0. The first-order valence-electron chi connectivity index (χ1n) is 5.22. The molecule has 0 saturated carbocycles. The SMILES string of the molecule is NCc1cnn(Cc2ccc(C(F)(F)F)cn2)c1. The summed E-state index contributed by atoms with van der Waals surface area (Å²) in [5, 5.41) is 4.03. The number of nitrogens with zero attached hydrogens (tertiary/aromatic N) is 3. The van der Waals surface area contributed by atoms with Crippen molar-refractivity contribution in [1.29, 1.82) is 0 Å². The fourth-order valence-corrected chi connectivity index (χ4v) is 1.45. The molecule has 7 heteroatoms. The summed E-state index contributed by atoms with van der Waals surface area (Å²) in [5.74, 6) is 0. The van der Waals surface area contributed by atoms with Crippen LogP contribution in [0, 0.1) is 0 Å². The average Bonchev–Trinajstić information content (AvgIpc) is 2.76.